The SMILES string of the molecule is CC1(C)CCC(Nc2ccccc2-c2ccccc2)CC1. The Morgan fingerprint density at radius 1 is 0.857 bits per heavy atom. The Morgan fingerprint density at radius 2 is 1.48 bits per heavy atom. The summed E-state index contributed by atoms with van der Waals surface area (Å²) >= 11 is 0. The van der Waals surface area contributed by atoms with Crippen LogP contribution in [0.2, 0.25) is 0 Å². The molecule has 0 aromatic heterocycles. The molecule has 2 aromatic rings. The van der Waals surface area contributed by atoms with Gasteiger partial charge >= 0.3 is 0 Å². The molecule has 0 amide bonds. The number of rotatable bonds is 3. The molecule has 1 heteroatoms. The second kappa shape index (κ2) is 5.93. The molecule has 0 aliphatic heterocycles. The van der Waals surface area contributed by atoms with E-state index in [1.165, 1.54) is 42.5 Å². The Labute approximate surface area is 128 Å². The summed E-state index contributed by atoms with van der Waals surface area (Å²) in [6.45, 7) is 4.78. The van der Waals surface area contributed by atoms with Crippen molar-refractivity contribution in [3.05, 3.63) is 54.6 Å². The Morgan fingerprint density at radius 3 is 2.19 bits per heavy atom. The van der Waals surface area contributed by atoms with E-state index < -0.39 is 0 Å². The Hall–Kier alpha value is -1.76. The molecular weight excluding hydrogens is 254 g/mol. The standard InChI is InChI=1S/C20H25N/c1-20(2)14-12-17(13-15-20)21-19-11-7-6-10-18(19)16-8-4-3-5-9-16/h3-11,17,21H,12-15H2,1-2H3. The predicted molar refractivity (Wildman–Crippen MR) is 91.5 cm³/mol. The normalized spacial score (nSPS) is 18.4. The van der Waals surface area contributed by atoms with Crippen molar-refractivity contribution in [3.63, 3.8) is 0 Å². The summed E-state index contributed by atoms with van der Waals surface area (Å²) in [7, 11) is 0. The topological polar surface area (TPSA) is 12.0 Å². The van der Waals surface area contributed by atoms with Crippen molar-refractivity contribution in [1.82, 2.24) is 0 Å². The van der Waals surface area contributed by atoms with Gasteiger partial charge in [-0.3, -0.25) is 0 Å². The molecule has 2 aromatic carbocycles. The number of hydrogen-bond donors (Lipinski definition) is 1. The van der Waals surface area contributed by atoms with E-state index in [2.05, 4.69) is 73.8 Å². The third kappa shape index (κ3) is 3.47. The van der Waals surface area contributed by atoms with Crippen molar-refractivity contribution in [2.24, 2.45) is 5.41 Å². The molecule has 1 aliphatic carbocycles. The van der Waals surface area contributed by atoms with E-state index in [1.54, 1.807) is 0 Å². The molecule has 1 fully saturated rings. The lowest BCUT2D eigenvalue weighted by atomic mass is 9.75. The van der Waals surface area contributed by atoms with Gasteiger partial charge in [-0.2, -0.15) is 0 Å². The van der Waals surface area contributed by atoms with E-state index in [4.69, 9.17) is 0 Å². The number of benzene rings is 2. The molecule has 0 radical (unpaired) electrons. The van der Waals surface area contributed by atoms with Gasteiger partial charge in [-0.15, -0.1) is 0 Å². The number of para-hydroxylation sites is 1. The van der Waals surface area contributed by atoms with Gasteiger partial charge in [-0.05, 0) is 42.7 Å². The summed E-state index contributed by atoms with van der Waals surface area (Å²) < 4.78 is 0. The summed E-state index contributed by atoms with van der Waals surface area (Å²) in [6.07, 6.45) is 5.18. The molecule has 1 N–H and O–H groups in total. The van der Waals surface area contributed by atoms with Gasteiger partial charge in [0.1, 0.15) is 0 Å². The molecule has 1 aliphatic rings. The molecule has 0 heterocycles. The average Bonchev–Trinajstić information content (AvgIpc) is 2.51. The van der Waals surface area contributed by atoms with Crippen LogP contribution in [0.4, 0.5) is 5.69 Å². The fraction of sp³-hybridized carbons (Fsp3) is 0.400. The van der Waals surface area contributed by atoms with Crippen LogP contribution in [0.5, 0.6) is 0 Å². The fourth-order valence-electron chi connectivity index (χ4n) is 3.24. The van der Waals surface area contributed by atoms with Crippen LogP contribution in [0.3, 0.4) is 0 Å². The van der Waals surface area contributed by atoms with Crippen LogP contribution >= 0.6 is 0 Å². The van der Waals surface area contributed by atoms with Crippen molar-refractivity contribution in [1.29, 1.82) is 0 Å². The minimum Gasteiger partial charge on any atom is -0.382 e. The maximum Gasteiger partial charge on any atom is 0.0422 e. The number of anilines is 1. The van der Waals surface area contributed by atoms with Crippen LogP contribution in [0, 0.1) is 5.41 Å². The van der Waals surface area contributed by atoms with Gasteiger partial charge in [0, 0.05) is 17.3 Å². The highest BCUT2D eigenvalue weighted by Gasteiger charge is 2.26. The summed E-state index contributed by atoms with van der Waals surface area (Å²) in [4.78, 5) is 0. The van der Waals surface area contributed by atoms with Crippen LogP contribution < -0.4 is 5.32 Å². The first-order chi connectivity index (χ1) is 10.1. The van der Waals surface area contributed by atoms with Gasteiger partial charge in [0.2, 0.25) is 0 Å². The molecule has 1 nitrogen and oxygen atoms in total. The monoisotopic (exact) mass is 279 g/mol. The first-order valence-corrected chi connectivity index (χ1v) is 8.05. The Balaban J connectivity index is 1.78. The molecule has 0 spiro atoms. The number of nitrogens with one attached hydrogen (secondary N) is 1. The summed E-state index contributed by atoms with van der Waals surface area (Å²) in [5.41, 5.74) is 4.39. The Kier molecular flexibility index (Phi) is 4.01. The van der Waals surface area contributed by atoms with Crippen molar-refractivity contribution in [3.8, 4) is 11.1 Å². The molecule has 0 atom stereocenters. The summed E-state index contributed by atoms with van der Waals surface area (Å²) in [5, 5.41) is 3.79. The third-order valence-electron chi connectivity index (χ3n) is 4.71. The lowest BCUT2D eigenvalue weighted by Crippen LogP contribution is -2.30. The first kappa shape index (κ1) is 14.2. The maximum absolute atomic E-state index is 3.79. The van der Waals surface area contributed by atoms with Crippen LogP contribution in [0.25, 0.3) is 11.1 Å². The molecule has 110 valence electrons. The second-order valence-corrected chi connectivity index (χ2v) is 6.99. The molecule has 21 heavy (non-hydrogen) atoms. The van der Waals surface area contributed by atoms with Gasteiger partial charge in [0.15, 0.2) is 0 Å². The van der Waals surface area contributed by atoms with E-state index in [9.17, 15) is 0 Å². The van der Waals surface area contributed by atoms with Gasteiger partial charge in [-0.1, -0.05) is 62.4 Å². The zero-order valence-corrected chi connectivity index (χ0v) is 13.1. The largest absolute Gasteiger partial charge is 0.382 e. The highest BCUT2D eigenvalue weighted by atomic mass is 14.9. The van der Waals surface area contributed by atoms with Crippen molar-refractivity contribution < 1.29 is 0 Å². The van der Waals surface area contributed by atoms with Gasteiger partial charge in [0.05, 0.1) is 0 Å². The molecule has 0 unspecified atom stereocenters. The first-order valence-electron chi connectivity index (χ1n) is 8.05. The minimum absolute atomic E-state index is 0.525. The predicted octanol–water partition coefficient (Wildman–Crippen LogP) is 5.73. The lowest BCUT2D eigenvalue weighted by molar-refractivity contribution is 0.232. The van der Waals surface area contributed by atoms with Gasteiger partial charge in [0.25, 0.3) is 0 Å². The van der Waals surface area contributed by atoms with Crippen LogP contribution in [-0.2, 0) is 0 Å². The maximum atomic E-state index is 3.79. The minimum atomic E-state index is 0.525. The summed E-state index contributed by atoms with van der Waals surface area (Å²) in [6, 6.07) is 19.9. The highest BCUT2D eigenvalue weighted by Crippen LogP contribution is 2.37. The zero-order chi connectivity index (χ0) is 14.7. The lowest BCUT2D eigenvalue weighted by Gasteiger charge is -2.35. The van der Waals surface area contributed by atoms with Gasteiger partial charge in [-0.25, -0.2) is 0 Å². The molecule has 1 saturated carbocycles. The average molecular weight is 279 g/mol. The van der Waals surface area contributed by atoms with Crippen LogP contribution in [0.15, 0.2) is 54.6 Å². The van der Waals surface area contributed by atoms with Gasteiger partial charge < -0.3 is 5.32 Å². The van der Waals surface area contributed by atoms with E-state index in [0.717, 1.165) is 0 Å². The van der Waals surface area contributed by atoms with Crippen LogP contribution in [-0.4, -0.2) is 6.04 Å². The van der Waals surface area contributed by atoms with E-state index in [-0.39, 0.29) is 0 Å². The third-order valence-corrected chi connectivity index (χ3v) is 4.71. The molecular formula is C20H25N. The van der Waals surface area contributed by atoms with Crippen LogP contribution in [0.1, 0.15) is 39.5 Å². The van der Waals surface area contributed by atoms with Crippen molar-refractivity contribution in [2.75, 3.05) is 5.32 Å². The number of hydrogen-bond acceptors (Lipinski definition) is 1. The zero-order valence-electron chi connectivity index (χ0n) is 13.1. The van der Waals surface area contributed by atoms with Crippen molar-refractivity contribution >= 4 is 5.69 Å². The smallest absolute Gasteiger partial charge is 0.0422 e. The Bertz CT molecular complexity index is 576. The molecule has 0 saturated heterocycles. The van der Waals surface area contributed by atoms with Crippen molar-refractivity contribution in [2.45, 2.75) is 45.6 Å². The molecule has 0 bridgehead atoms. The van der Waals surface area contributed by atoms with E-state index in [0.29, 0.717) is 11.5 Å². The fourth-order valence-corrected chi connectivity index (χ4v) is 3.24. The second-order valence-electron chi connectivity index (χ2n) is 6.99. The highest BCUT2D eigenvalue weighted by molar-refractivity contribution is 5.77. The van der Waals surface area contributed by atoms with E-state index >= 15 is 0 Å². The quantitative estimate of drug-likeness (QED) is 0.756. The van der Waals surface area contributed by atoms with E-state index in [1.807, 2.05) is 0 Å². The summed E-state index contributed by atoms with van der Waals surface area (Å²) in [5.74, 6) is 0. The molecule has 3 rings (SSSR count).